The maximum Gasteiger partial charge on any atom is 0.255 e. The molecule has 2 aromatic rings. The predicted molar refractivity (Wildman–Crippen MR) is 82.9 cm³/mol. The van der Waals surface area contributed by atoms with Crippen molar-refractivity contribution in [3.05, 3.63) is 55.9 Å². The minimum atomic E-state index is -0.314. The van der Waals surface area contributed by atoms with Gasteiger partial charge in [-0.25, -0.2) is 0 Å². The van der Waals surface area contributed by atoms with Gasteiger partial charge in [0.05, 0.1) is 10.2 Å². The molecule has 2 N–H and O–H groups in total. The lowest BCUT2D eigenvalue weighted by Crippen LogP contribution is -2.12. The van der Waals surface area contributed by atoms with Crippen LogP contribution in [0.5, 0.6) is 5.75 Å². The molecule has 2 aromatic carbocycles. The Hall–Kier alpha value is -1.04. The molecule has 0 aromatic heterocycles. The van der Waals surface area contributed by atoms with Crippen molar-refractivity contribution in [2.45, 2.75) is 0 Å². The molecule has 98 valence electrons. The summed E-state index contributed by atoms with van der Waals surface area (Å²) >= 11 is 12.3. The summed E-state index contributed by atoms with van der Waals surface area (Å²) in [5, 5.41) is 12.9. The van der Waals surface area contributed by atoms with Crippen molar-refractivity contribution in [3.8, 4) is 5.75 Å². The van der Waals surface area contributed by atoms with E-state index >= 15 is 0 Å². The van der Waals surface area contributed by atoms with Crippen LogP contribution in [0, 0.1) is 0 Å². The number of nitrogens with one attached hydrogen (secondary N) is 1. The number of phenolic OH excluding ortho intramolecular Hbond substituents is 1. The van der Waals surface area contributed by atoms with Gasteiger partial charge in [0.1, 0.15) is 5.75 Å². The van der Waals surface area contributed by atoms with E-state index in [4.69, 9.17) is 11.6 Å². The molecule has 0 heterocycles. The van der Waals surface area contributed by atoms with Crippen LogP contribution < -0.4 is 5.32 Å². The van der Waals surface area contributed by atoms with Crippen molar-refractivity contribution >= 4 is 55.1 Å². The maximum atomic E-state index is 12.0. The second-order valence-corrected chi connectivity index (χ2v) is 5.89. The Kier molecular flexibility index (Phi) is 4.50. The van der Waals surface area contributed by atoms with Crippen LogP contribution in [0.3, 0.4) is 0 Å². The summed E-state index contributed by atoms with van der Waals surface area (Å²) in [6.07, 6.45) is 0. The fourth-order valence-corrected chi connectivity index (χ4v) is 2.47. The number of anilines is 1. The monoisotopic (exact) mass is 403 g/mol. The fraction of sp³-hybridized carbons (Fsp3) is 0. The first-order valence-corrected chi connectivity index (χ1v) is 7.18. The van der Waals surface area contributed by atoms with E-state index < -0.39 is 0 Å². The quantitative estimate of drug-likeness (QED) is 0.752. The number of aromatic hydroxyl groups is 1. The predicted octanol–water partition coefficient (Wildman–Crippen LogP) is 4.82. The molecule has 0 fully saturated rings. The molecule has 2 rings (SSSR count). The molecular weight excluding hydrogens is 397 g/mol. The van der Waals surface area contributed by atoms with E-state index in [9.17, 15) is 9.90 Å². The van der Waals surface area contributed by atoms with E-state index in [2.05, 4.69) is 37.2 Å². The molecule has 0 aliphatic carbocycles. The van der Waals surface area contributed by atoms with Crippen molar-refractivity contribution in [2.24, 2.45) is 0 Å². The summed E-state index contributed by atoms with van der Waals surface area (Å²) in [5.74, 6) is -0.298. The third kappa shape index (κ3) is 3.49. The molecule has 0 saturated heterocycles. The first-order chi connectivity index (χ1) is 8.97. The molecule has 19 heavy (non-hydrogen) atoms. The number of phenols is 1. The van der Waals surface area contributed by atoms with E-state index in [0.717, 1.165) is 0 Å². The van der Waals surface area contributed by atoms with Gasteiger partial charge in [0.15, 0.2) is 0 Å². The topological polar surface area (TPSA) is 49.3 Å². The van der Waals surface area contributed by atoms with Crippen molar-refractivity contribution in [1.29, 1.82) is 0 Å². The Morgan fingerprint density at radius 1 is 1.11 bits per heavy atom. The molecule has 0 bridgehead atoms. The van der Waals surface area contributed by atoms with Gasteiger partial charge in [0.2, 0.25) is 0 Å². The summed E-state index contributed by atoms with van der Waals surface area (Å²) in [4.78, 5) is 12.0. The lowest BCUT2D eigenvalue weighted by molar-refractivity contribution is 0.102. The molecule has 3 nitrogen and oxygen atoms in total. The molecule has 0 aliphatic heterocycles. The van der Waals surface area contributed by atoms with Crippen LogP contribution in [-0.4, -0.2) is 11.0 Å². The molecule has 0 saturated carbocycles. The summed E-state index contributed by atoms with van der Waals surface area (Å²) < 4.78 is 1.23. The highest BCUT2D eigenvalue weighted by atomic mass is 79.9. The van der Waals surface area contributed by atoms with Gasteiger partial charge in [-0.1, -0.05) is 11.6 Å². The largest absolute Gasteiger partial charge is 0.507 e. The molecular formula is C13H8Br2ClNO2. The van der Waals surface area contributed by atoms with Gasteiger partial charge < -0.3 is 10.4 Å². The summed E-state index contributed by atoms with van der Waals surface area (Å²) in [5.41, 5.74) is 0.972. The van der Waals surface area contributed by atoms with Crippen molar-refractivity contribution in [1.82, 2.24) is 0 Å². The van der Waals surface area contributed by atoms with E-state index in [1.54, 1.807) is 30.3 Å². The Balaban J connectivity index is 2.23. The first-order valence-electron chi connectivity index (χ1n) is 5.22. The molecule has 6 heteroatoms. The standard InChI is InChI=1S/C13H8Br2ClNO2/c14-9-3-1-7(5-12(9)18)13(19)17-11-4-2-8(16)6-10(11)15/h1-6,18H,(H,17,19). The SMILES string of the molecule is O=C(Nc1ccc(Cl)cc1Br)c1ccc(Br)c(O)c1. The van der Waals surface area contributed by atoms with Crippen molar-refractivity contribution < 1.29 is 9.90 Å². The van der Waals surface area contributed by atoms with E-state index in [1.807, 2.05) is 0 Å². The summed E-state index contributed by atoms with van der Waals surface area (Å²) in [6.45, 7) is 0. The normalized spacial score (nSPS) is 10.3. The van der Waals surface area contributed by atoms with Gasteiger partial charge >= 0.3 is 0 Å². The van der Waals surface area contributed by atoms with Gasteiger partial charge in [-0.3, -0.25) is 4.79 Å². The van der Waals surface area contributed by atoms with E-state index in [0.29, 0.717) is 25.2 Å². The third-order valence-electron chi connectivity index (χ3n) is 2.39. The van der Waals surface area contributed by atoms with Crippen LogP contribution in [-0.2, 0) is 0 Å². The zero-order valence-electron chi connectivity index (χ0n) is 9.45. The van der Waals surface area contributed by atoms with Crippen LogP contribution in [0.25, 0.3) is 0 Å². The highest BCUT2D eigenvalue weighted by Gasteiger charge is 2.10. The average molecular weight is 405 g/mol. The molecule has 0 unspecified atom stereocenters. The maximum absolute atomic E-state index is 12.0. The average Bonchev–Trinajstić information content (AvgIpc) is 2.36. The van der Waals surface area contributed by atoms with E-state index in [1.165, 1.54) is 6.07 Å². The number of hydrogen-bond donors (Lipinski definition) is 2. The lowest BCUT2D eigenvalue weighted by atomic mass is 10.2. The summed E-state index contributed by atoms with van der Waals surface area (Å²) in [7, 11) is 0. The van der Waals surface area contributed by atoms with Gasteiger partial charge in [0.25, 0.3) is 5.91 Å². The van der Waals surface area contributed by atoms with Gasteiger partial charge in [-0.05, 0) is 68.3 Å². The number of halogens is 3. The second-order valence-electron chi connectivity index (χ2n) is 3.74. The fourth-order valence-electron chi connectivity index (χ4n) is 1.44. The first kappa shape index (κ1) is 14.4. The number of amides is 1. The Morgan fingerprint density at radius 3 is 2.47 bits per heavy atom. The number of rotatable bonds is 2. The minimum absolute atomic E-state index is 0.0165. The molecule has 1 amide bonds. The molecule has 0 radical (unpaired) electrons. The zero-order chi connectivity index (χ0) is 14.0. The second kappa shape index (κ2) is 5.94. The Labute approximate surface area is 131 Å². The number of hydrogen-bond acceptors (Lipinski definition) is 2. The van der Waals surface area contributed by atoms with Crippen molar-refractivity contribution in [3.63, 3.8) is 0 Å². The lowest BCUT2D eigenvalue weighted by Gasteiger charge is -2.08. The number of carbonyl (C=O) groups excluding carboxylic acids is 1. The highest BCUT2D eigenvalue weighted by molar-refractivity contribution is 9.11. The van der Waals surface area contributed by atoms with Gasteiger partial charge in [-0.15, -0.1) is 0 Å². The van der Waals surface area contributed by atoms with E-state index in [-0.39, 0.29) is 11.7 Å². The highest BCUT2D eigenvalue weighted by Crippen LogP contribution is 2.28. The Bertz CT molecular complexity index is 647. The third-order valence-corrected chi connectivity index (χ3v) is 3.95. The minimum Gasteiger partial charge on any atom is -0.507 e. The zero-order valence-corrected chi connectivity index (χ0v) is 13.4. The number of benzene rings is 2. The van der Waals surface area contributed by atoms with Crippen LogP contribution in [0.15, 0.2) is 45.3 Å². The van der Waals surface area contributed by atoms with Crippen LogP contribution in [0.4, 0.5) is 5.69 Å². The van der Waals surface area contributed by atoms with Crippen LogP contribution in [0.1, 0.15) is 10.4 Å². The smallest absolute Gasteiger partial charge is 0.255 e. The van der Waals surface area contributed by atoms with Crippen molar-refractivity contribution in [2.75, 3.05) is 5.32 Å². The molecule has 0 spiro atoms. The molecule has 0 atom stereocenters. The van der Waals surface area contributed by atoms with Crippen LogP contribution >= 0.6 is 43.5 Å². The number of carbonyl (C=O) groups is 1. The Morgan fingerprint density at radius 2 is 1.84 bits per heavy atom. The summed E-state index contributed by atoms with van der Waals surface area (Å²) in [6, 6.07) is 9.69. The molecule has 0 aliphatic rings. The van der Waals surface area contributed by atoms with Gasteiger partial charge in [-0.2, -0.15) is 0 Å². The van der Waals surface area contributed by atoms with Crippen LogP contribution in [0.2, 0.25) is 5.02 Å². The van der Waals surface area contributed by atoms with Gasteiger partial charge in [0, 0.05) is 15.1 Å².